The van der Waals surface area contributed by atoms with E-state index in [0.717, 1.165) is 36.2 Å². The van der Waals surface area contributed by atoms with Crippen LogP contribution >= 0.6 is 0 Å². The van der Waals surface area contributed by atoms with E-state index in [1.165, 1.54) is 11.1 Å². The van der Waals surface area contributed by atoms with Gasteiger partial charge < -0.3 is 12.2 Å². The summed E-state index contributed by atoms with van der Waals surface area (Å²) in [6.45, 7) is 0. The van der Waals surface area contributed by atoms with Gasteiger partial charge in [0, 0.05) is 17.7 Å². The van der Waals surface area contributed by atoms with Crippen molar-refractivity contribution in [1.82, 2.24) is 0 Å². The van der Waals surface area contributed by atoms with E-state index < -0.39 is 0 Å². The first-order valence-electron chi connectivity index (χ1n) is 7.64. The number of unbranched alkanes of at least 4 members (excludes halogenated alkanes) is 1. The molecule has 0 aromatic heterocycles. The smallest absolute Gasteiger partial charge is 0.542 e. The van der Waals surface area contributed by atoms with Gasteiger partial charge in [-0.2, -0.15) is 6.42 Å². The van der Waals surface area contributed by atoms with Crippen molar-refractivity contribution in [3.05, 3.63) is 79.2 Å². The van der Waals surface area contributed by atoms with E-state index in [2.05, 4.69) is 36.4 Å². The Bertz CT molecular complexity index is 705. The molecule has 118 valence electrons. The second-order valence-corrected chi connectivity index (χ2v) is 5.41. The Balaban J connectivity index is 0.00000144. The molecule has 0 amide bonds. The van der Waals surface area contributed by atoms with E-state index in [9.17, 15) is 4.79 Å². The van der Waals surface area contributed by atoms with E-state index in [-0.39, 0.29) is 58.8 Å². The second-order valence-electron chi connectivity index (χ2n) is 5.41. The van der Waals surface area contributed by atoms with Gasteiger partial charge in [-0.3, -0.25) is 11.3 Å². The molecule has 1 aliphatic rings. The molecule has 0 saturated heterocycles. The van der Waals surface area contributed by atoms with Crippen LogP contribution in [-0.2, 0) is 4.79 Å². The van der Waals surface area contributed by atoms with Crippen LogP contribution in [0.15, 0.2) is 65.7 Å². The summed E-state index contributed by atoms with van der Waals surface area (Å²) < 4.78 is 0. The second kappa shape index (κ2) is 10.9. The number of hydrogen-bond donors (Lipinski definition) is 0. The van der Waals surface area contributed by atoms with Crippen LogP contribution in [0.2, 0.25) is 0 Å². The zero-order valence-electron chi connectivity index (χ0n) is 14.5. The molecule has 0 bridgehead atoms. The minimum Gasteiger partial charge on any atom is -0.542 e. The summed E-state index contributed by atoms with van der Waals surface area (Å²) in [5, 5.41) is 0. The molecule has 0 fully saturated rings. The molecule has 0 N–H and O–H groups in total. The van der Waals surface area contributed by atoms with Crippen molar-refractivity contribution in [2.45, 2.75) is 25.7 Å². The molecule has 0 atom stereocenters. The van der Waals surface area contributed by atoms with Gasteiger partial charge in [-0.05, 0) is 17.6 Å². The summed E-state index contributed by atoms with van der Waals surface area (Å²) in [6.07, 6.45) is 5.00. The van der Waals surface area contributed by atoms with E-state index >= 15 is 0 Å². The quantitative estimate of drug-likeness (QED) is 0.449. The third-order valence-electron chi connectivity index (χ3n) is 3.85. The zero-order chi connectivity index (χ0) is 15.2. The van der Waals surface area contributed by atoms with Crippen molar-refractivity contribution in [3.63, 3.8) is 0 Å². The Hall–Kier alpha value is -0.844. The predicted octanol–water partition coefficient (Wildman–Crippen LogP) is 2.13. The minimum atomic E-state index is 0. The molecular weight excluding hydrogens is 321 g/mol. The summed E-state index contributed by atoms with van der Waals surface area (Å²) >= 11 is 0. The minimum absolute atomic E-state index is 0. The Morgan fingerprint density at radius 3 is 2.08 bits per heavy atom. The van der Waals surface area contributed by atoms with Gasteiger partial charge in [0.1, 0.15) is 0 Å². The molecule has 2 aromatic carbocycles. The first-order chi connectivity index (χ1) is 10.9. The van der Waals surface area contributed by atoms with Crippen molar-refractivity contribution in [2.24, 2.45) is 4.99 Å². The van der Waals surface area contributed by atoms with Gasteiger partial charge in [0.15, 0.2) is 0 Å². The van der Waals surface area contributed by atoms with Crippen LogP contribution in [0.25, 0.3) is 11.3 Å². The van der Waals surface area contributed by atoms with Crippen molar-refractivity contribution in [2.75, 3.05) is 0 Å². The molecule has 0 spiro atoms. The molecule has 0 saturated carbocycles. The predicted molar refractivity (Wildman–Crippen MR) is 97.7 cm³/mol. The summed E-state index contributed by atoms with van der Waals surface area (Å²) in [4.78, 5) is 15.2. The number of aliphatic imine (C=N–C) groups is 1. The summed E-state index contributed by atoms with van der Waals surface area (Å²) in [5.74, 6) is 0. The van der Waals surface area contributed by atoms with Gasteiger partial charge in [0.2, 0.25) is 0 Å². The van der Waals surface area contributed by atoms with E-state index in [0.29, 0.717) is 6.42 Å². The molecule has 0 radical (unpaired) electrons. The molecule has 2 nitrogen and oxygen atoms in total. The number of carbonyl (C=O) groups excluding carboxylic acids is 1. The van der Waals surface area contributed by atoms with Crippen LogP contribution < -0.4 is 51.4 Å². The van der Waals surface area contributed by atoms with Crippen LogP contribution in [0.3, 0.4) is 0 Å². The molecule has 3 rings (SSSR count). The molecular formula is C21H21KNO-. The number of nitrogens with zero attached hydrogens (tertiary/aromatic N) is 1. The molecule has 1 aliphatic heterocycles. The maximum absolute atomic E-state index is 10.4. The molecule has 1 heterocycles. The molecule has 0 aliphatic carbocycles. The zero-order valence-corrected chi connectivity index (χ0v) is 17.6. The average Bonchev–Trinajstić information content (AvgIpc) is 3.01. The van der Waals surface area contributed by atoms with Gasteiger partial charge in [0.05, 0.1) is 5.70 Å². The fraction of sp³-hybridized carbons (Fsp3) is 0.190. The fourth-order valence-corrected chi connectivity index (χ4v) is 2.77. The largest absolute Gasteiger partial charge is 1.00 e. The van der Waals surface area contributed by atoms with E-state index in [1.54, 1.807) is 0 Å². The van der Waals surface area contributed by atoms with Crippen LogP contribution in [0.5, 0.6) is 0 Å². The standard InChI is InChI=1S/C20H18NO.CH3.K/c22-14-8-7-13-18-15-19(16-9-3-1-4-10-16)20(21-18)17-11-5-2-6-12-17;;/h1-6,9-12H,7-8,13,15H2;1H3;/q2*-1;+1. The van der Waals surface area contributed by atoms with Crippen LogP contribution in [-0.4, -0.2) is 12.0 Å². The van der Waals surface area contributed by atoms with Crippen molar-refractivity contribution < 1.29 is 56.2 Å². The van der Waals surface area contributed by atoms with Crippen LogP contribution in [0.4, 0.5) is 0 Å². The first kappa shape index (κ1) is 21.2. The topological polar surface area (TPSA) is 29.4 Å². The number of hydrogen-bond acceptors (Lipinski definition) is 2. The summed E-state index contributed by atoms with van der Waals surface area (Å²) in [5.41, 5.74) is 5.88. The average molecular weight is 343 g/mol. The monoisotopic (exact) mass is 342 g/mol. The third kappa shape index (κ3) is 5.33. The summed E-state index contributed by atoms with van der Waals surface area (Å²) in [6, 6.07) is 20.7. The van der Waals surface area contributed by atoms with E-state index in [4.69, 9.17) is 4.99 Å². The van der Waals surface area contributed by atoms with E-state index in [1.807, 2.05) is 30.6 Å². The Morgan fingerprint density at radius 2 is 1.50 bits per heavy atom. The van der Waals surface area contributed by atoms with Crippen molar-refractivity contribution in [3.8, 4) is 0 Å². The van der Waals surface area contributed by atoms with Gasteiger partial charge >= 0.3 is 51.4 Å². The van der Waals surface area contributed by atoms with Gasteiger partial charge in [-0.1, -0.05) is 67.1 Å². The fourth-order valence-electron chi connectivity index (χ4n) is 2.77. The Kier molecular flexibility index (Phi) is 9.63. The van der Waals surface area contributed by atoms with Crippen LogP contribution in [0.1, 0.15) is 36.8 Å². The molecule has 0 unspecified atom stereocenters. The SMILES string of the molecule is O=[C-]CCCC1=NC(c2ccccc2)=C(c2ccccc2)C1.[CH3-].[K+]. The maximum atomic E-state index is 10.4. The number of benzene rings is 2. The maximum Gasteiger partial charge on any atom is 1.00 e. The Labute approximate surface area is 187 Å². The number of rotatable bonds is 6. The molecule has 2 aromatic rings. The van der Waals surface area contributed by atoms with Crippen molar-refractivity contribution >= 4 is 23.3 Å². The molecule has 24 heavy (non-hydrogen) atoms. The number of allylic oxidation sites excluding steroid dienone is 1. The first-order valence-corrected chi connectivity index (χ1v) is 7.64. The van der Waals surface area contributed by atoms with Gasteiger partial charge in [-0.15, -0.1) is 0 Å². The van der Waals surface area contributed by atoms with Crippen molar-refractivity contribution in [1.29, 1.82) is 0 Å². The third-order valence-corrected chi connectivity index (χ3v) is 3.85. The normalized spacial score (nSPS) is 12.9. The molecule has 3 heteroatoms. The van der Waals surface area contributed by atoms with Crippen LogP contribution in [0, 0.1) is 7.43 Å². The summed E-state index contributed by atoms with van der Waals surface area (Å²) in [7, 11) is 0. The van der Waals surface area contributed by atoms with Gasteiger partial charge in [0.25, 0.3) is 0 Å². The van der Waals surface area contributed by atoms with Gasteiger partial charge in [-0.25, -0.2) is 0 Å². The Morgan fingerprint density at radius 1 is 0.917 bits per heavy atom.